The van der Waals surface area contributed by atoms with E-state index in [0.29, 0.717) is 29.1 Å². The van der Waals surface area contributed by atoms with Crippen molar-refractivity contribution in [2.75, 3.05) is 6.54 Å². The molecule has 0 bridgehead atoms. The van der Waals surface area contributed by atoms with Gasteiger partial charge in [-0.05, 0) is 24.6 Å². The second kappa shape index (κ2) is 5.29. The molecule has 2 nitrogen and oxygen atoms in total. The summed E-state index contributed by atoms with van der Waals surface area (Å²) in [5.41, 5.74) is 6.20. The van der Waals surface area contributed by atoms with Crippen molar-refractivity contribution in [3.05, 3.63) is 34.3 Å². The van der Waals surface area contributed by atoms with E-state index in [4.69, 9.17) is 17.3 Å². The van der Waals surface area contributed by atoms with Crippen LogP contribution in [0.5, 0.6) is 0 Å². The fraction of sp³-hybridized carbons (Fsp3) is 0.400. The second-order valence-corrected chi connectivity index (χ2v) is 3.44. The molecule has 4 heteroatoms. The van der Waals surface area contributed by atoms with E-state index < -0.39 is 12.8 Å². The molecule has 0 saturated carbocycles. The lowest BCUT2D eigenvalue weighted by Gasteiger charge is -2.14. The summed E-state index contributed by atoms with van der Waals surface area (Å²) in [6.07, 6.45) is -0.322. The number of benzene rings is 1. The van der Waals surface area contributed by atoms with Gasteiger partial charge in [0.1, 0.15) is 6.67 Å². The van der Waals surface area contributed by atoms with E-state index in [-0.39, 0.29) is 0 Å². The Kier molecular flexibility index (Phi) is 4.32. The van der Waals surface area contributed by atoms with Crippen molar-refractivity contribution in [3.63, 3.8) is 0 Å². The maximum atomic E-state index is 12.6. The molecule has 0 aliphatic carbocycles. The predicted molar refractivity (Wildman–Crippen MR) is 54.9 cm³/mol. The Bertz CT molecular complexity index is 306. The van der Waals surface area contributed by atoms with Crippen LogP contribution in [0.4, 0.5) is 4.39 Å². The van der Waals surface area contributed by atoms with Crippen LogP contribution in [0.25, 0.3) is 0 Å². The van der Waals surface area contributed by atoms with E-state index >= 15 is 0 Å². The molecule has 3 N–H and O–H groups in total. The lowest BCUT2D eigenvalue weighted by molar-refractivity contribution is 0.168. The molecule has 0 amide bonds. The molecule has 0 aliphatic rings. The van der Waals surface area contributed by atoms with E-state index in [9.17, 15) is 9.50 Å². The number of halogens is 2. The minimum atomic E-state index is -0.732. The van der Waals surface area contributed by atoms with E-state index in [1.165, 1.54) is 0 Å². The molecule has 1 aromatic rings. The first kappa shape index (κ1) is 11.4. The fourth-order valence-corrected chi connectivity index (χ4v) is 1.57. The number of aliphatic hydroxyl groups excluding tert-OH is 1. The third-order valence-electron chi connectivity index (χ3n) is 2.09. The molecule has 0 aliphatic heterocycles. The van der Waals surface area contributed by atoms with Crippen molar-refractivity contribution in [2.45, 2.75) is 19.2 Å². The van der Waals surface area contributed by atoms with Gasteiger partial charge < -0.3 is 10.8 Å². The summed E-state index contributed by atoms with van der Waals surface area (Å²) in [4.78, 5) is 0. The summed E-state index contributed by atoms with van der Waals surface area (Å²) >= 11 is 5.79. The van der Waals surface area contributed by atoms with Gasteiger partial charge in [-0.2, -0.15) is 0 Å². The van der Waals surface area contributed by atoms with Crippen LogP contribution in [0.3, 0.4) is 0 Å². The van der Waals surface area contributed by atoms with Gasteiger partial charge >= 0.3 is 0 Å². The Hall–Kier alpha value is -0.640. The Morgan fingerprint density at radius 3 is 2.79 bits per heavy atom. The zero-order valence-corrected chi connectivity index (χ0v) is 8.47. The first-order chi connectivity index (χ1) is 6.70. The standard InChI is InChI=1S/C10H13ClFNO/c11-9-3-1-2-7(8(9)6-12)10(14)4-5-13/h1-3,10,14H,4-6,13H2. The summed E-state index contributed by atoms with van der Waals surface area (Å²) < 4.78 is 12.6. The molecule has 0 fully saturated rings. The molecular weight excluding hydrogens is 205 g/mol. The fourth-order valence-electron chi connectivity index (χ4n) is 1.34. The van der Waals surface area contributed by atoms with Gasteiger partial charge in [-0.3, -0.25) is 0 Å². The van der Waals surface area contributed by atoms with E-state index in [1.807, 2.05) is 0 Å². The maximum absolute atomic E-state index is 12.6. The van der Waals surface area contributed by atoms with Gasteiger partial charge in [0.05, 0.1) is 6.10 Å². The van der Waals surface area contributed by atoms with Crippen LogP contribution in [0.1, 0.15) is 23.7 Å². The van der Waals surface area contributed by atoms with E-state index in [0.717, 1.165) is 0 Å². The van der Waals surface area contributed by atoms with Crippen LogP contribution in [0.2, 0.25) is 5.02 Å². The molecule has 78 valence electrons. The Balaban J connectivity index is 3.00. The lowest BCUT2D eigenvalue weighted by Crippen LogP contribution is -2.08. The van der Waals surface area contributed by atoms with Crippen LogP contribution < -0.4 is 5.73 Å². The Morgan fingerprint density at radius 2 is 2.21 bits per heavy atom. The normalized spacial score (nSPS) is 12.9. The molecule has 0 aromatic heterocycles. The molecule has 14 heavy (non-hydrogen) atoms. The maximum Gasteiger partial charge on any atom is 0.116 e. The van der Waals surface area contributed by atoms with Gasteiger partial charge in [0, 0.05) is 10.6 Å². The highest BCUT2D eigenvalue weighted by Gasteiger charge is 2.13. The average molecular weight is 218 g/mol. The number of aliphatic hydroxyl groups is 1. The minimum absolute atomic E-state index is 0.348. The molecule has 1 unspecified atom stereocenters. The number of alkyl halides is 1. The first-order valence-electron chi connectivity index (χ1n) is 4.42. The van der Waals surface area contributed by atoms with Gasteiger partial charge in [-0.1, -0.05) is 23.7 Å². The summed E-state index contributed by atoms with van der Waals surface area (Å²) in [6, 6.07) is 4.97. The lowest BCUT2D eigenvalue weighted by atomic mass is 10.0. The van der Waals surface area contributed by atoms with Gasteiger partial charge in [0.15, 0.2) is 0 Å². The predicted octanol–water partition coefficient (Wildman–Crippen LogP) is 2.19. The van der Waals surface area contributed by atoms with Crippen LogP contribution in [0.15, 0.2) is 18.2 Å². The zero-order chi connectivity index (χ0) is 10.6. The van der Waals surface area contributed by atoms with E-state index in [2.05, 4.69) is 0 Å². The summed E-state index contributed by atoms with van der Waals surface area (Å²) in [6.45, 7) is -0.309. The van der Waals surface area contributed by atoms with Crippen molar-refractivity contribution in [2.24, 2.45) is 5.73 Å². The quantitative estimate of drug-likeness (QED) is 0.812. The summed E-state index contributed by atoms with van der Waals surface area (Å²) in [5, 5.41) is 10.00. The second-order valence-electron chi connectivity index (χ2n) is 3.03. The number of rotatable bonds is 4. The van der Waals surface area contributed by atoms with E-state index in [1.54, 1.807) is 18.2 Å². The van der Waals surface area contributed by atoms with Crippen molar-refractivity contribution >= 4 is 11.6 Å². The highest BCUT2D eigenvalue weighted by Crippen LogP contribution is 2.27. The molecule has 0 heterocycles. The highest BCUT2D eigenvalue weighted by molar-refractivity contribution is 6.31. The first-order valence-corrected chi connectivity index (χ1v) is 4.80. The van der Waals surface area contributed by atoms with Gasteiger partial charge in [0.2, 0.25) is 0 Å². The van der Waals surface area contributed by atoms with Gasteiger partial charge in [0.25, 0.3) is 0 Å². The molecule has 0 spiro atoms. The number of hydrogen-bond donors (Lipinski definition) is 2. The van der Waals surface area contributed by atoms with Crippen molar-refractivity contribution in [3.8, 4) is 0 Å². The molecule has 0 radical (unpaired) electrons. The topological polar surface area (TPSA) is 46.2 Å². The molecule has 1 atom stereocenters. The van der Waals surface area contributed by atoms with Crippen LogP contribution in [-0.2, 0) is 6.67 Å². The van der Waals surface area contributed by atoms with Crippen molar-refractivity contribution < 1.29 is 9.50 Å². The third-order valence-corrected chi connectivity index (χ3v) is 2.44. The molecular formula is C10H13ClFNO. The summed E-state index contributed by atoms with van der Waals surface area (Å²) in [7, 11) is 0. The SMILES string of the molecule is NCCC(O)c1cccc(Cl)c1CF. The molecule has 1 rings (SSSR count). The average Bonchev–Trinajstić information content (AvgIpc) is 2.17. The highest BCUT2D eigenvalue weighted by atomic mass is 35.5. The number of hydrogen-bond acceptors (Lipinski definition) is 2. The monoisotopic (exact) mass is 217 g/mol. The molecule has 0 saturated heterocycles. The minimum Gasteiger partial charge on any atom is -0.388 e. The smallest absolute Gasteiger partial charge is 0.116 e. The molecule has 1 aromatic carbocycles. The van der Waals surface area contributed by atoms with Crippen molar-refractivity contribution in [1.82, 2.24) is 0 Å². The third kappa shape index (κ3) is 2.44. The van der Waals surface area contributed by atoms with Crippen LogP contribution in [0, 0.1) is 0 Å². The number of nitrogens with two attached hydrogens (primary N) is 1. The van der Waals surface area contributed by atoms with Gasteiger partial charge in [-0.15, -0.1) is 0 Å². The van der Waals surface area contributed by atoms with Crippen molar-refractivity contribution in [1.29, 1.82) is 0 Å². The largest absolute Gasteiger partial charge is 0.388 e. The zero-order valence-electron chi connectivity index (χ0n) is 7.71. The Labute approximate surface area is 87.5 Å². The van der Waals surface area contributed by atoms with Crippen LogP contribution in [-0.4, -0.2) is 11.7 Å². The summed E-state index contributed by atoms with van der Waals surface area (Å²) in [5.74, 6) is 0. The Morgan fingerprint density at radius 1 is 1.50 bits per heavy atom. The van der Waals surface area contributed by atoms with Crippen LogP contribution >= 0.6 is 11.6 Å². The van der Waals surface area contributed by atoms with Gasteiger partial charge in [-0.25, -0.2) is 4.39 Å².